The Kier molecular flexibility index (Phi) is 7.09. The van der Waals surface area contributed by atoms with Crippen LogP contribution >= 0.6 is 0 Å². The van der Waals surface area contributed by atoms with E-state index in [0.29, 0.717) is 27.9 Å². The van der Waals surface area contributed by atoms with Gasteiger partial charge in [0.15, 0.2) is 5.78 Å². The van der Waals surface area contributed by atoms with Crippen LogP contribution in [0.15, 0.2) is 77.7 Å². The molecule has 0 heterocycles. The Bertz CT molecular complexity index is 1360. The highest BCUT2D eigenvalue weighted by Gasteiger charge is 2.24. The van der Waals surface area contributed by atoms with Crippen molar-refractivity contribution in [2.24, 2.45) is 0 Å². The number of sulfonamides is 1. The number of carbonyl (C=O) groups excluding carboxylic acids is 3. The molecule has 35 heavy (non-hydrogen) atoms. The number of benzene rings is 3. The largest absolute Gasteiger partial charge is 0.349 e. The van der Waals surface area contributed by atoms with Crippen molar-refractivity contribution in [3.63, 3.8) is 0 Å². The SMILES string of the molecule is CC(=O)c1ccc(S(=O)(=O)NCc2ccc(C(=O)Nc3cccc(C(=O)NC4CC4)c3)cc2)cc1. The van der Waals surface area contributed by atoms with Crippen molar-refractivity contribution in [1.29, 1.82) is 0 Å². The van der Waals surface area contributed by atoms with Crippen LogP contribution in [0.2, 0.25) is 0 Å². The third-order valence-electron chi connectivity index (χ3n) is 5.55. The summed E-state index contributed by atoms with van der Waals surface area (Å²) >= 11 is 0. The lowest BCUT2D eigenvalue weighted by atomic mass is 10.1. The Morgan fingerprint density at radius 3 is 2.11 bits per heavy atom. The lowest BCUT2D eigenvalue weighted by Crippen LogP contribution is -2.25. The molecule has 0 radical (unpaired) electrons. The number of ketones is 1. The van der Waals surface area contributed by atoms with Gasteiger partial charge in [-0.2, -0.15) is 0 Å². The van der Waals surface area contributed by atoms with E-state index in [0.717, 1.165) is 12.8 Å². The van der Waals surface area contributed by atoms with Crippen LogP contribution in [-0.4, -0.2) is 32.1 Å². The number of hydrogen-bond donors (Lipinski definition) is 3. The highest BCUT2D eigenvalue weighted by atomic mass is 32.2. The summed E-state index contributed by atoms with van der Waals surface area (Å²) in [5, 5.41) is 5.69. The highest BCUT2D eigenvalue weighted by molar-refractivity contribution is 7.89. The molecule has 1 fully saturated rings. The third-order valence-corrected chi connectivity index (χ3v) is 6.97. The minimum Gasteiger partial charge on any atom is -0.349 e. The number of carbonyl (C=O) groups is 3. The van der Waals surface area contributed by atoms with Crippen molar-refractivity contribution < 1.29 is 22.8 Å². The lowest BCUT2D eigenvalue weighted by Gasteiger charge is -2.10. The molecule has 0 aliphatic heterocycles. The number of anilines is 1. The molecule has 0 atom stereocenters. The first-order valence-electron chi connectivity index (χ1n) is 11.1. The van der Waals surface area contributed by atoms with E-state index in [1.165, 1.54) is 31.2 Å². The van der Waals surface area contributed by atoms with E-state index in [9.17, 15) is 22.8 Å². The second kappa shape index (κ2) is 10.2. The lowest BCUT2D eigenvalue weighted by molar-refractivity contribution is 0.0949. The van der Waals surface area contributed by atoms with Gasteiger partial charge in [0, 0.05) is 35.0 Å². The van der Waals surface area contributed by atoms with Gasteiger partial charge in [-0.25, -0.2) is 13.1 Å². The molecule has 0 bridgehead atoms. The maximum absolute atomic E-state index is 12.6. The van der Waals surface area contributed by atoms with E-state index < -0.39 is 10.0 Å². The second-order valence-corrected chi connectivity index (χ2v) is 10.2. The topological polar surface area (TPSA) is 121 Å². The van der Waals surface area contributed by atoms with E-state index >= 15 is 0 Å². The molecule has 3 aromatic rings. The Morgan fingerprint density at radius 1 is 0.829 bits per heavy atom. The Balaban J connectivity index is 1.35. The molecule has 9 heteroatoms. The fraction of sp³-hybridized carbons (Fsp3) is 0.192. The minimum absolute atomic E-state index is 0.0385. The highest BCUT2D eigenvalue weighted by Crippen LogP contribution is 2.20. The van der Waals surface area contributed by atoms with Gasteiger partial charge in [0.1, 0.15) is 0 Å². The molecule has 2 amide bonds. The summed E-state index contributed by atoms with van der Waals surface area (Å²) in [7, 11) is -3.76. The molecule has 0 unspecified atom stereocenters. The molecule has 8 nitrogen and oxygen atoms in total. The van der Waals surface area contributed by atoms with Gasteiger partial charge in [0.25, 0.3) is 11.8 Å². The predicted octanol–water partition coefficient (Wildman–Crippen LogP) is 3.51. The molecule has 0 aromatic heterocycles. The fourth-order valence-corrected chi connectivity index (χ4v) is 4.36. The van der Waals surface area contributed by atoms with Gasteiger partial charge in [0.05, 0.1) is 4.90 Å². The molecular formula is C26H25N3O5S. The zero-order valence-electron chi connectivity index (χ0n) is 19.1. The van der Waals surface area contributed by atoms with Crippen LogP contribution in [-0.2, 0) is 16.6 Å². The fourth-order valence-electron chi connectivity index (χ4n) is 3.34. The van der Waals surface area contributed by atoms with Crippen LogP contribution < -0.4 is 15.4 Å². The number of amides is 2. The molecule has 1 aliphatic rings. The number of Topliss-reactive ketones (excluding diaryl/α,β-unsaturated/α-hetero) is 1. The average Bonchev–Trinajstić information content (AvgIpc) is 3.67. The summed E-state index contributed by atoms with van der Waals surface area (Å²) in [4.78, 5) is 36.3. The van der Waals surface area contributed by atoms with Crippen molar-refractivity contribution in [3.8, 4) is 0 Å². The van der Waals surface area contributed by atoms with E-state index in [-0.39, 0.29) is 35.1 Å². The first kappa shape index (κ1) is 24.3. The van der Waals surface area contributed by atoms with Gasteiger partial charge >= 0.3 is 0 Å². The average molecular weight is 492 g/mol. The van der Waals surface area contributed by atoms with Crippen LogP contribution in [0, 0.1) is 0 Å². The molecule has 180 valence electrons. The van der Waals surface area contributed by atoms with Gasteiger partial charge in [0.2, 0.25) is 10.0 Å². The first-order chi connectivity index (χ1) is 16.7. The smallest absolute Gasteiger partial charge is 0.255 e. The van der Waals surface area contributed by atoms with Crippen molar-refractivity contribution >= 4 is 33.3 Å². The predicted molar refractivity (Wildman–Crippen MR) is 132 cm³/mol. The van der Waals surface area contributed by atoms with Gasteiger partial charge < -0.3 is 10.6 Å². The van der Waals surface area contributed by atoms with Crippen molar-refractivity contribution in [2.45, 2.75) is 37.2 Å². The van der Waals surface area contributed by atoms with Crippen LogP contribution in [0.4, 0.5) is 5.69 Å². The van der Waals surface area contributed by atoms with Crippen LogP contribution in [0.25, 0.3) is 0 Å². The molecule has 0 spiro atoms. The number of hydrogen-bond acceptors (Lipinski definition) is 5. The summed E-state index contributed by atoms with van der Waals surface area (Å²) in [6, 6.07) is 19.2. The van der Waals surface area contributed by atoms with Crippen molar-refractivity contribution in [2.75, 3.05) is 5.32 Å². The Labute approximate surface area is 203 Å². The number of rotatable bonds is 9. The zero-order chi connectivity index (χ0) is 25.0. The Hall–Kier alpha value is -3.82. The van der Waals surface area contributed by atoms with Gasteiger partial charge in [-0.05, 0) is 67.8 Å². The summed E-state index contributed by atoms with van der Waals surface area (Å²) < 4.78 is 27.5. The molecule has 1 saturated carbocycles. The van der Waals surface area contributed by atoms with Crippen LogP contribution in [0.3, 0.4) is 0 Å². The van der Waals surface area contributed by atoms with E-state index in [1.807, 2.05) is 0 Å². The second-order valence-electron chi connectivity index (χ2n) is 8.38. The zero-order valence-corrected chi connectivity index (χ0v) is 19.9. The maximum atomic E-state index is 12.6. The van der Waals surface area contributed by atoms with Crippen LogP contribution in [0.5, 0.6) is 0 Å². The normalized spacial score (nSPS) is 13.2. The van der Waals surface area contributed by atoms with Crippen molar-refractivity contribution in [3.05, 3.63) is 95.1 Å². The molecule has 4 rings (SSSR count). The van der Waals surface area contributed by atoms with Crippen LogP contribution in [0.1, 0.15) is 56.4 Å². The molecule has 3 N–H and O–H groups in total. The van der Waals surface area contributed by atoms with Gasteiger partial charge in [-0.15, -0.1) is 0 Å². The summed E-state index contributed by atoms with van der Waals surface area (Å²) in [5.74, 6) is -0.648. The molecule has 3 aromatic carbocycles. The summed E-state index contributed by atoms with van der Waals surface area (Å²) in [6.07, 6.45) is 1.99. The quantitative estimate of drug-likeness (QED) is 0.396. The first-order valence-corrected chi connectivity index (χ1v) is 12.6. The monoisotopic (exact) mass is 491 g/mol. The van der Waals surface area contributed by atoms with E-state index in [2.05, 4.69) is 15.4 Å². The van der Waals surface area contributed by atoms with Gasteiger partial charge in [-0.3, -0.25) is 14.4 Å². The Morgan fingerprint density at radius 2 is 1.49 bits per heavy atom. The molecule has 0 saturated heterocycles. The maximum Gasteiger partial charge on any atom is 0.255 e. The number of nitrogens with one attached hydrogen (secondary N) is 3. The third kappa shape index (κ3) is 6.40. The van der Waals surface area contributed by atoms with E-state index in [1.54, 1.807) is 48.5 Å². The standard InChI is InChI=1S/C26H25N3O5S/c1-17(30)19-9-13-24(14-10-19)35(33,34)27-16-18-5-7-20(8-6-18)25(31)29-23-4-2-3-21(15-23)26(32)28-22-11-12-22/h2-10,13-15,22,27H,11-12,16H2,1H3,(H,28,32)(H,29,31). The summed E-state index contributed by atoms with van der Waals surface area (Å²) in [5.41, 5.74) is 2.49. The minimum atomic E-state index is -3.76. The van der Waals surface area contributed by atoms with E-state index in [4.69, 9.17) is 0 Å². The molecule has 1 aliphatic carbocycles. The molecular weight excluding hydrogens is 466 g/mol. The van der Waals surface area contributed by atoms with Gasteiger partial charge in [-0.1, -0.05) is 30.3 Å². The van der Waals surface area contributed by atoms with Crippen molar-refractivity contribution in [1.82, 2.24) is 10.0 Å². The summed E-state index contributed by atoms with van der Waals surface area (Å²) in [6.45, 7) is 1.45.